The lowest BCUT2D eigenvalue weighted by molar-refractivity contribution is 0.0937. The zero-order chi connectivity index (χ0) is 19.5. The predicted molar refractivity (Wildman–Crippen MR) is 116 cm³/mol. The van der Waals surface area contributed by atoms with Gasteiger partial charge in [0.05, 0.1) is 5.69 Å². The van der Waals surface area contributed by atoms with E-state index >= 15 is 0 Å². The molecule has 1 aliphatic rings. The zero-order valence-corrected chi connectivity index (χ0v) is 17.5. The number of likely N-dealkylation sites (tertiary alicyclic amines) is 1. The van der Waals surface area contributed by atoms with Gasteiger partial charge >= 0.3 is 0 Å². The Kier molecular flexibility index (Phi) is 5.78. The Bertz CT molecular complexity index is 961. The van der Waals surface area contributed by atoms with E-state index in [4.69, 9.17) is 0 Å². The number of carbonyl (C=O) groups excluding carboxylic acids is 1. The summed E-state index contributed by atoms with van der Waals surface area (Å²) in [5.74, 6) is -0.0661. The van der Waals surface area contributed by atoms with Gasteiger partial charge in [-0.3, -0.25) is 9.69 Å². The number of likely N-dealkylation sites (N-methyl/N-ethyl adjacent to an activating group) is 1. The minimum atomic E-state index is -0.0661. The van der Waals surface area contributed by atoms with Crippen molar-refractivity contribution in [3.63, 3.8) is 0 Å². The van der Waals surface area contributed by atoms with Crippen LogP contribution in [0.2, 0.25) is 0 Å². The predicted octanol–water partition coefficient (Wildman–Crippen LogP) is 4.39. The van der Waals surface area contributed by atoms with Crippen LogP contribution < -0.4 is 5.32 Å². The lowest BCUT2D eigenvalue weighted by Gasteiger charge is -2.22. The van der Waals surface area contributed by atoms with Crippen molar-refractivity contribution in [1.29, 1.82) is 0 Å². The summed E-state index contributed by atoms with van der Waals surface area (Å²) in [5.41, 5.74) is 2.84. The van der Waals surface area contributed by atoms with Crippen molar-refractivity contribution < 1.29 is 4.79 Å². The van der Waals surface area contributed by atoms with Crippen LogP contribution in [0.4, 0.5) is 0 Å². The third kappa shape index (κ3) is 3.71. The van der Waals surface area contributed by atoms with Crippen molar-refractivity contribution in [3.8, 4) is 10.7 Å². The standard InChI is InChI=1S/C22H28N4OS/c1-3-11-26-19-10-6-5-8-16(19)13-20(26)22-24-18(15-28-22)21(27)23-14-17-9-7-12-25(17)4-2/h5-6,8,10,13,15,17H,3-4,7,9,11-12,14H2,1-2H3,(H,23,27). The molecule has 1 saturated heterocycles. The van der Waals surface area contributed by atoms with Gasteiger partial charge in [0.25, 0.3) is 5.91 Å². The summed E-state index contributed by atoms with van der Waals surface area (Å²) in [6.07, 6.45) is 3.43. The molecular formula is C22H28N4OS. The molecule has 0 saturated carbocycles. The fourth-order valence-corrected chi connectivity index (χ4v) is 5.02. The van der Waals surface area contributed by atoms with E-state index in [9.17, 15) is 4.79 Å². The highest BCUT2D eigenvalue weighted by Gasteiger charge is 2.24. The van der Waals surface area contributed by atoms with Crippen LogP contribution in [0.3, 0.4) is 0 Å². The monoisotopic (exact) mass is 396 g/mol. The SMILES string of the molecule is CCCn1c(-c2nc(C(=O)NCC3CCCN3CC)cs2)cc2ccccc21. The number of aryl methyl sites for hydroxylation is 1. The van der Waals surface area contributed by atoms with Crippen LogP contribution in [0, 0.1) is 0 Å². The van der Waals surface area contributed by atoms with E-state index in [1.54, 1.807) is 11.3 Å². The van der Waals surface area contributed by atoms with Crippen LogP contribution in [-0.4, -0.2) is 46.0 Å². The molecule has 2 aromatic heterocycles. The van der Waals surface area contributed by atoms with Gasteiger partial charge in [-0.2, -0.15) is 0 Å². The summed E-state index contributed by atoms with van der Waals surface area (Å²) in [6.45, 7) is 8.20. The first-order valence-electron chi connectivity index (χ1n) is 10.3. The second-order valence-corrected chi connectivity index (χ2v) is 8.27. The molecule has 0 radical (unpaired) electrons. The van der Waals surface area contributed by atoms with Crippen LogP contribution in [0.25, 0.3) is 21.6 Å². The Morgan fingerprint density at radius 1 is 1.32 bits per heavy atom. The van der Waals surface area contributed by atoms with Gasteiger partial charge in [-0.15, -0.1) is 11.3 Å². The third-order valence-electron chi connectivity index (χ3n) is 5.62. The average molecular weight is 397 g/mol. The molecule has 1 aliphatic heterocycles. The first-order chi connectivity index (χ1) is 13.7. The van der Waals surface area contributed by atoms with Crippen molar-refractivity contribution >= 4 is 28.1 Å². The molecule has 6 heteroatoms. The number of rotatable bonds is 7. The largest absolute Gasteiger partial charge is 0.349 e. The molecule has 4 rings (SSSR count). The number of hydrogen-bond acceptors (Lipinski definition) is 4. The maximum atomic E-state index is 12.6. The third-order valence-corrected chi connectivity index (χ3v) is 6.48. The number of thiazole rings is 1. The maximum Gasteiger partial charge on any atom is 0.270 e. The van der Waals surface area contributed by atoms with Gasteiger partial charge in [-0.1, -0.05) is 32.0 Å². The van der Waals surface area contributed by atoms with Crippen molar-refractivity contribution in [2.75, 3.05) is 19.6 Å². The number of amides is 1. The molecule has 5 nitrogen and oxygen atoms in total. The number of nitrogens with one attached hydrogen (secondary N) is 1. The number of hydrogen-bond donors (Lipinski definition) is 1. The molecule has 148 valence electrons. The molecule has 1 aromatic carbocycles. The molecule has 3 aromatic rings. The topological polar surface area (TPSA) is 50.2 Å². The van der Waals surface area contributed by atoms with Crippen molar-refractivity contribution in [2.24, 2.45) is 0 Å². The first kappa shape index (κ1) is 19.2. The molecule has 0 bridgehead atoms. The second-order valence-electron chi connectivity index (χ2n) is 7.41. The molecule has 1 fully saturated rings. The van der Waals surface area contributed by atoms with E-state index in [1.165, 1.54) is 17.3 Å². The Labute approximate surface area is 170 Å². The number of aromatic nitrogens is 2. The van der Waals surface area contributed by atoms with E-state index in [0.29, 0.717) is 18.3 Å². The lowest BCUT2D eigenvalue weighted by atomic mass is 10.2. The summed E-state index contributed by atoms with van der Waals surface area (Å²) < 4.78 is 2.31. The molecule has 1 atom stereocenters. The molecule has 0 spiro atoms. The van der Waals surface area contributed by atoms with Gasteiger partial charge in [0.1, 0.15) is 10.7 Å². The highest BCUT2D eigenvalue weighted by atomic mass is 32.1. The summed E-state index contributed by atoms with van der Waals surface area (Å²) in [5, 5.41) is 7.10. The molecule has 0 aliphatic carbocycles. The molecule has 1 N–H and O–H groups in total. The van der Waals surface area contributed by atoms with Gasteiger partial charge < -0.3 is 9.88 Å². The minimum absolute atomic E-state index is 0.0661. The van der Waals surface area contributed by atoms with Gasteiger partial charge in [0.2, 0.25) is 0 Å². The van der Waals surface area contributed by atoms with Crippen molar-refractivity contribution in [3.05, 3.63) is 41.4 Å². The maximum absolute atomic E-state index is 12.6. The van der Waals surface area contributed by atoms with Crippen LogP contribution in [0.15, 0.2) is 35.7 Å². The number of benzene rings is 1. The van der Waals surface area contributed by atoms with E-state index in [2.05, 4.69) is 63.9 Å². The van der Waals surface area contributed by atoms with Crippen LogP contribution in [0.5, 0.6) is 0 Å². The van der Waals surface area contributed by atoms with Crippen LogP contribution >= 0.6 is 11.3 Å². The van der Waals surface area contributed by atoms with Crippen LogP contribution in [-0.2, 0) is 6.54 Å². The summed E-state index contributed by atoms with van der Waals surface area (Å²) >= 11 is 1.55. The molecule has 1 amide bonds. The Balaban J connectivity index is 1.52. The van der Waals surface area contributed by atoms with Gasteiger partial charge in [0, 0.05) is 35.4 Å². The van der Waals surface area contributed by atoms with Crippen molar-refractivity contribution in [2.45, 2.75) is 45.7 Å². The van der Waals surface area contributed by atoms with E-state index in [0.717, 1.165) is 43.2 Å². The van der Waals surface area contributed by atoms with E-state index < -0.39 is 0 Å². The summed E-state index contributed by atoms with van der Waals surface area (Å²) in [7, 11) is 0. The lowest BCUT2D eigenvalue weighted by Crippen LogP contribution is -2.40. The van der Waals surface area contributed by atoms with Crippen molar-refractivity contribution in [1.82, 2.24) is 19.8 Å². The number of para-hydroxylation sites is 1. The normalized spacial score (nSPS) is 17.4. The molecular weight excluding hydrogens is 368 g/mol. The van der Waals surface area contributed by atoms with Crippen LogP contribution in [0.1, 0.15) is 43.6 Å². The van der Waals surface area contributed by atoms with E-state index in [-0.39, 0.29) is 5.91 Å². The highest BCUT2D eigenvalue weighted by molar-refractivity contribution is 7.13. The number of nitrogens with zero attached hydrogens (tertiary/aromatic N) is 3. The Morgan fingerprint density at radius 2 is 2.18 bits per heavy atom. The fraction of sp³-hybridized carbons (Fsp3) is 0.455. The van der Waals surface area contributed by atoms with Gasteiger partial charge in [-0.05, 0) is 44.5 Å². The molecule has 3 heterocycles. The second kappa shape index (κ2) is 8.45. The number of carbonyl (C=O) groups is 1. The van der Waals surface area contributed by atoms with Gasteiger partial charge in [0.15, 0.2) is 0 Å². The Morgan fingerprint density at radius 3 is 3.00 bits per heavy atom. The number of fused-ring (bicyclic) bond motifs is 1. The van der Waals surface area contributed by atoms with Gasteiger partial charge in [-0.25, -0.2) is 4.98 Å². The first-order valence-corrected chi connectivity index (χ1v) is 11.2. The quantitative estimate of drug-likeness (QED) is 0.644. The fourth-order valence-electron chi connectivity index (χ4n) is 4.19. The average Bonchev–Trinajstić information content (AvgIpc) is 3.44. The zero-order valence-electron chi connectivity index (χ0n) is 16.6. The summed E-state index contributed by atoms with van der Waals surface area (Å²) in [6, 6.07) is 11.1. The molecule has 28 heavy (non-hydrogen) atoms. The minimum Gasteiger partial charge on any atom is -0.349 e. The smallest absolute Gasteiger partial charge is 0.270 e. The van der Waals surface area contributed by atoms with E-state index in [1.807, 2.05) is 5.38 Å². The molecule has 1 unspecified atom stereocenters. The highest BCUT2D eigenvalue weighted by Crippen LogP contribution is 2.30. The Hall–Kier alpha value is -2.18. The summed E-state index contributed by atoms with van der Waals surface area (Å²) in [4.78, 5) is 19.7.